The number of amides is 1. The van der Waals surface area contributed by atoms with Crippen LogP contribution in [0.1, 0.15) is 66.2 Å². The molecule has 0 aliphatic heterocycles. The van der Waals surface area contributed by atoms with E-state index in [-0.39, 0.29) is 29.7 Å². The molecule has 1 aromatic heterocycles. The van der Waals surface area contributed by atoms with Crippen LogP contribution in [0.15, 0.2) is 90.1 Å². The van der Waals surface area contributed by atoms with Crippen LogP contribution < -0.4 is 9.62 Å². The maximum Gasteiger partial charge on any atom is 0.416 e. The van der Waals surface area contributed by atoms with Crippen LogP contribution in [0.3, 0.4) is 0 Å². The van der Waals surface area contributed by atoms with Crippen molar-refractivity contribution in [2.75, 3.05) is 4.90 Å². The summed E-state index contributed by atoms with van der Waals surface area (Å²) < 4.78 is 70.1. The second kappa shape index (κ2) is 12.3. The van der Waals surface area contributed by atoms with Gasteiger partial charge in [-0.2, -0.15) is 13.2 Å². The van der Waals surface area contributed by atoms with Crippen LogP contribution in [0.5, 0.6) is 0 Å². The fraction of sp³-hybridized carbons (Fsp3) is 0.312. The van der Waals surface area contributed by atoms with Crippen molar-refractivity contribution in [2.45, 2.75) is 62.2 Å². The molecule has 0 saturated carbocycles. The van der Waals surface area contributed by atoms with E-state index in [0.717, 1.165) is 53.8 Å². The Kier molecular flexibility index (Phi) is 8.75. The SMILES string of the molecule is C[C@H](CC(=O)N(Cc1nccn1C)c1ccc2c(c1)[C@H](NS(=O)(=O)c1ccc(C(F)(F)F)cc1)CCC2)c1ccccc1. The minimum absolute atomic E-state index is 0.0292. The lowest BCUT2D eigenvalue weighted by Gasteiger charge is -2.30. The molecule has 11 heteroatoms. The Labute approximate surface area is 249 Å². The van der Waals surface area contributed by atoms with Crippen molar-refractivity contribution >= 4 is 21.6 Å². The number of fused-ring (bicyclic) bond motifs is 1. The Morgan fingerprint density at radius 3 is 2.47 bits per heavy atom. The van der Waals surface area contributed by atoms with E-state index in [0.29, 0.717) is 17.9 Å². The highest BCUT2D eigenvalue weighted by atomic mass is 32.2. The van der Waals surface area contributed by atoms with E-state index in [1.54, 1.807) is 11.1 Å². The summed E-state index contributed by atoms with van der Waals surface area (Å²) >= 11 is 0. The van der Waals surface area contributed by atoms with Gasteiger partial charge in [-0.05, 0) is 78.3 Å². The minimum Gasteiger partial charge on any atom is -0.337 e. The molecule has 43 heavy (non-hydrogen) atoms. The van der Waals surface area contributed by atoms with Gasteiger partial charge >= 0.3 is 6.18 Å². The standard InChI is InChI=1S/C32H33F3N4O3S/c1-22(23-7-4-3-5-8-23)19-31(40)39(21-30-36-17-18-38(30)2)26-14-11-24-9-6-10-29(28(24)20-26)37-43(41,42)27-15-12-25(13-16-27)32(33,34)35/h3-5,7-8,11-18,20,22,29,37H,6,9-10,19,21H2,1-2H3/t22-,29-/m1/s1. The first kappa shape index (κ1) is 30.5. The topological polar surface area (TPSA) is 84.3 Å². The van der Waals surface area contributed by atoms with Gasteiger partial charge in [0.1, 0.15) is 5.82 Å². The molecule has 4 aromatic rings. The average molecular weight is 611 g/mol. The lowest BCUT2D eigenvalue weighted by atomic mass is 9.87. The molecular formula is C32H33F3N4O3S. The number of aryl methyl sites for hydroxylation is 2. The predicted molar refractivity (Wildman–Crippen MR) is 158 cm³/mol. The number of halogens is 3. The van der Waals surface area contributed by atoms with E-state index in [9.17, 15) is 26.4 Å². The number of nitrogens with zero attached hydrogens (tertiary/aromatic N) is 3. The van der Waals surface area contributed by atoms with E-state index < -0.39 is 27.8 Å². The number of rotatable bonds is 9. The molecule has 2 atom stereocenters. The monoisotopic (exact) mass is 610 g/mol. The quantitative estimate of drug-likeness (QED) is 0.234. The van der Waals surface area contributed by atoms with Gasteiger partial charge in [0.05, 0.1) is 17.0 Å². The first-order valence-electron chi connectivity index (χ1n) is 14.1. The molecule has 1 aliphatic rings. The number of nitrogens with one attached hydrogen (secondary N) is 1. The maximum atomic E-state index is 13.8. The first-order valence-corrected chi connectivity index (χ1v) is 15.5. The van der Waals surface area contributed by atoms with Crippen LogP contribution in [-0.2, 0) is 41.0 Å². The van der Waals surface area contributed by atoms with Crippen molar-refractivity contribution < 1.29 is 26.4 Å². The van der Waals surface area contributed by atoms with E-state index in [2.05, 4.69) is 9.71 Å². The van der Waals surface area contributed by atoms with Crippen LogP contribution in [0, 0.1) is 0 Å². The Morgan fingerprint density at radius 1 is 1.09 bits per heavy atom. The molecule has 0 spiro atoms. The van der Waals surface area contributed by atoms with Crippen LogP contribution in [0.25, 0.3) is 0 Å². The minimum atomic E-state index is -4.56. The number of anilines is 1. The summed E-state index contributed by atoms with van der Waals surface area (Å²) in [5.74, 6) is 0.563. The van der Waals surface area contributed by atoms with E-state index >= 15 is 0 Å². The van der Waals surface area contributed by atoms with Crippen molar-refractivity contribution in [3.05, 3.63) is 113 Å². The number of hydrogen-bond acceptors (Lipinski definition) is 4. The van der Waals surface area contributed by atoms with E-state index in [1.165, 1.54) is 0 Å². The summed E-state index contributed by atoms with van der Waals surface area (Å²) in [5.41, 5.74) is 2.45. The van der Waals surface area contributed by atoms with Gasteiger partial charge in [0, 0.05) is 37.6 Å². The summed E-state index contributed by atoms with van der Waals surface area (Å²) in [7, 11) is -2.26. The molecule has 0 saturated heterocycles. The Bertz CT molecular complexity index is 1690. The summed E-state index contributed by atoms with van der Waals surface area (Å²) in [4.78, 5) is 19.7. The number of sulfonamides is 1. The van der Waals surface area contributed by atoms with Gasteiger partial charge in [-0.25, -0.2) is 18.1 Å². The lowest BCUT2D eigenvalue weighted by Crippen LogP contribution is -2.34. The highest BCUT2D eigenvalue weighted by Gasteiger charge is 2.32. The van der Waals surface area contributed by atoms with Crippen LogP contribution in [0.2, 0.25) is 0 Å². The molecule has 1 amide bonds. The van der Waals surface area contributed by atoms with Crippen molar-refractivity contribution in [1.29, 1.82) is 0 Å². The summed E-state index contributed by atoms with van der Waals surface area (Å²) in [6.07, 6.45) is 1.16. The maximum absolute atomic E-state index is 13.8. The zero-order chi connectivity index (χ0) is 30.8. The van der Waals surface area contributed by atoms with Gasteiger partial charge in [0.2, 0.25) is 15.9 Å². The number of carbonyl (C=O) groups is 1. The van der Waals surface area contributed by atoms with Gasteiger partial charge in [-0.15, -0.1) is 0 Å². The molecule has 0 radical (unpaired) electrons. The third-order valence-corrected chi connectivity index (χ3v) is 9.40. The van der Waals surface area contributed by atoms with Gasteiger partial charge in [-0.1, -0.05) is 43.3 Å². The Balaban J connectivity index is 1.44. The second-order valence-corrected chi connectivity index (χ2v) is 12.6. The molecule has 7 nitrogen and oxygen atoms in total. The number of alkyl halides is 3. The highest BCUT2D eigenvalue weighted by molar-refractivity contribution is 7.89. The smallest absolute Gasteiger partial charge is 0.337 e. The van der Waals surface area contributed by atoms with Crippen molar-refractivity contribution in [2.24, 2.45) is 7.05 Å². The average Bonchev–Trinajstić information content (AvgIpc) is 3.39. The number of imidazole rings is 1. The molecule has 1 heterocycles. The van der Waals surface area contributed by atoms with Gasteiger partial charge in [-0.3, -0.25) is 4.79 Å². The largest absolute Gasteiger partial charge is 0.416 e. The summed E-state index contributed by atoms with van der Waals surface area (Å²) in [5, 5.41) is 0. The molecule has 1 N–H and O–H groups in total. The summed E-state index contributed by atoms with van der Waals surface area (Å²) in [6.45, 7) is 2.23. The zero-order valence-electron chi connectivity index (χ0n) is 23.9. The molecule has 3 aromatic carbocycles. The van der Waals surface area contributed by atoms with Gasteiger partial charge in [0.15, 0.2) is 0 Å². The first-order chi connectivity index (χ1) is 20.4. The molecule has 1 aliphatic carbocycles. The fourth-order valence-electron chi connectivity index (χ4n) is 5.44. The highest BCUT2D eigenvalue weighted by Crippen LogP contribution is 2.35. The number of benzene rings is 3. The Morgan fingerprint density at radius 2 is 1.81 bits per heavy atom. The van der Waals surface area contributed by atoms with E-state index in [1.807, 2.05) is 73.3 Å². The predicted octanol–water partition coefficient (Wildman–Crippen LogP) is 6.52. The van der Waals surface area contributed by atoms with Crippen molar-refractivity contribution in [3.63, 3.8) is 0 Å². The number of aromatic nitrogens is 2. The third kappa shape index (κ3) is 7.00. The van der Waals surface area contributed by atoms with Gasteiger partial charge < -0.3 is 9.47 Å². The molecule has 0 bridgehead atoms. The number of carbonyl (C=O) groups excluding carboxylic acids is 1. The molecule has 0 unspecified atom stereocenters. The third-order valence-electron chi connectivity index (χ3n) is 7.92. The molecule has 226 valence electrons. The van der Waals surface area contributed by atoms with Gasteiger partial charge in [0.25, 0.3) is 0 Å². The normalized spacial score (nSPS) is 16.0. The van der Waals surface area contributed by atoms with Crippen LogP contribution in [-0.4, -0.2) is 23.9 Å². The fourth-order valence-corrected chi connectivity index (χ4v) is 6.69. The zero-order valence-corrected chi connectivity index (χ0v) is 24.7. The van der Waals surface area contributed by atoms with Crippen LogP contribution >= 0.6 is 0 Å². The Hall–Kier alpha value is -3.96. The molecular weight excluding hydrogens is 577 g/mol. The lowest BCUT2D eigenvalue weighted by molar-refractivity contribution is -0.137. The second-order valence-electron chi connectivity index (χ2n) is 10.9. The number of hydrogen-bond donors (Lipinski definition) is 1. The molecule has 5 rings (SSSR count). The van der Waals surface area contributed by atoms with Crippen molar-refractivity contribution in [3.8, 4) is 0 Å². The molecule has 0 fully saturated rings. The summed E-state index contributed by atoms with van der Waals surface area (Å²) in [6, 6.07) is 18.3. The van der Waals surface area contributed by atoms with E-state index in [4.69, 9.17) is 0 Å². The van der Waals surface area contributed by atoms with Crippen molar-refractivity contribution in [1.82, 2.24) is 14.3 Å². The van der Waals surface area contributed by atoms with Crippen LogP contribution in [0.4, 0.5) is 18.9 Å².